The summed E-state index contributed by atoms with van der Waals surface area (Å²) in [5.41, 5.74) is 5.83. The van der Waals surface area contributed by atoms with Crippen LogP contribution >= 0.6 is 0 Å². The van der Waals surface area contributed by atoms with Gasteiger partial charge in [-0.25, -0.2) is 8.42 Å². The summed E-state index contributed by atoms with van der Waals surface area (Å²) in [6, 6.07) is 15.0. The van der Waals surface area contributed by atoms with Crippen LogP contribution in [-0.2, 0) is 14.6 Å². The largest absolute Gasteiger partial charge is 0.480 e. The lowest BCUT2D eigenvalue weighted by Crippen LogP contribution is -2.39. The van der Waals surface area contributed by atoms with Gasteiger partial charge in [0.25, 0.3) is 0 Å². The van der Waals surface area contributed by atoms with Gasteiger partial charge in [-0.15, -0.1) is 0 Å². The molecule has 0 heterocycles. The Kier molecular flexibility index (Phi) is 3.54. The second kappa shape index (κ2) is 5.18. The maximum Gasteiger partial charge on any atom is 0.325 e. The molecule has 1 fully saturated rings. The van der Waals surface area contributed by atoms with Gasteiger partial charge in [-0.05, 0) is 24.6 Å². The number of carboxylic acids is 1. The van der Waals surface area contributed by atoms with Crippen LogP contribution in [0.3, 0.4) is 0 Å². The number of aryl methyl sites for hydroxylation is 1. The Labute approximate surface area is 134 Å². The van der Waals surface area contributed by atoms with Crippen LogP contribution in [0, 0.1) is 6.92 Å². The number of carboxylic acid groups (broad SMARTS) is 1. The first-order chi connectivity index (χ1) is 10.8. The lowest BCUT2D eigenvalue weighted by Gasteiger charge is -2.06. The fraction of sp³-hybridized carbons (Fsp3) is 0.235. The highest BCUT2D eigenvalue weighted by molar-refractivity contribution is 7.92. The molecule has 0 amide bonds. The van der Waals surface area contributed by atoms with E-state index in [1.54, 1.807) is 30.3 Å². The molecule has 0 aromatic heterocycles. The number of hydrogen-bond acceptors (Lipinski definition) is 4. The van der Waals surface area contributed by atoms with Crippen molar-refractivity contribution in [3.05, 3.63) is 65.7 Å². The average molecular weight is 331 g/mol. The minimum absolute atomic E-state index is 0.0932. The lowest BCUT2D eigenvalue weighted by molar-refractivity contribution is -0.139. The van der Waals surface area contributed by atoms with Crippen LogP contribution in [0.15, 0.2) is 59.5 Å². The molecule has 23 heavy (non-hydrogen) atoms. The number of carbonyl (C=O) groups is 1. The standard InChI is InChI=1S/C17H17NO4S/c1-11-7-9-12(10-8-11)14-15(17(14,18)16(19)20)23(21,22)13-5-3-2-4-6-13/h2-10,14-15H,18H2,1H3,(H,19,20)/t14-,15-,17+/m1/s1. The molecule has 1 aliphatic rings. The fourth-order valence-electron chi connectivity index (χ4n) is 3.05. The van der Waals surface area contributed by atoms with Crippen molar-refractivity contribution in [1.29, 1.82) is 0 Å². The van der Waals surface area contributed by atoms with E-state index in [-0.39, 0.29) is 4.90 Å². The summed E-state index contributed by atoms with van der Waals surface area (Å²) >= 11 is 0. The molecule has 3 rings (SSSR count). The van der Waals surface area contributed by atoms with Gasteiger partial charge in [-0.1, -0.05) is 48.0 Å². The topological polar surface area (TPSA) is 97.5 Å². The Balaban J connectivity index is 2.07. The second-order valence-electron chi connectivity index (χ2n) is 5.91. The molecule has 0 spiro atoms. The van der Waals surface area contributed by atoms with Gasteiger partial charge in [0.1, 0.15) is 10.8 Å². The normalized spacial score (nSPS) is 26.7. The Morgan fingerprint density at radius 2 is 1.65 bits per heavy atom. The number of hydrogen-bond donors (Lipinski definition) is 2. The zero-order chi connectivity index (χ0) is 16.8. The molecule has 0 radical (unpaired) electrons. The first kappa shape index (κ1) is 15.7. The molecule has 2 aromatic carbocycles. The lowest BCUT2D eigenvalue weighted by atomic mass is 10.1. The van der Waals surface area contributed by atoms with Crippen LogP contribution in [0.25, 0.3) is 0 Å². The predicted octanol–water partition coefficient (Wildman–Crippen LogP) is 1.72. The van der Waals surface area contributed by atoms with Gasteiger partial charge in [0.05, 0.1) is 4.90 Å². The van der Waals surface area contributed by atoms with E-state index in [0.29, 0.717) is 5.56 Å². The van der Waals surface area contributed by atoms with Crippen molar-refractivity contribution >= 4 is 15.8 Å². The molecule has 3 atom stereocenters. The third-order valence-electron chi connectivity index (χ3n) is 4.39. The van der Waals surface area contributed by atoms with Crippen molar-refractivity contribution < 1.29 is 18.3 Å². The second-order valence-corrected chi connectivity index (χ2v) is 7.97. The molecule has 6 heteroatoms. The van der Waals surface area contributed by atoms with E-state index in [9.17, 15) is 18.3 Å². The first-order valence-electron chi connectivity index (χ1n) is 7.17. The van der Waals surface area contributed by atoms with E-state index < -0.39 is 32.5 Å². The molecule has 0 bridgehead atoms. The summed E-state index contributed by atoms with van der Waals surface area (Å²) < 4.78 is 25.6. The number of nitrogens with two attached hydrogens (primary N) is 1. The molecular formula is C17H17NO4S. The average Bonchev–Trinajstić information content (AvgIpc) is 3.18. The van der Waals surface area contributed by atoms with Crippen molar-refractivity contribution in [2.45, 2.75) is 28.5 Å². The molecular weight excluding hydrogens is 314 g/mol. The van der Waals surface area contributed by atoms with Gasteiger partial charge in [-0.2, -0.15) is 0 Å². The summed E-state index contributed by atoms with van der Waals surface area (Å²) in [7, 11) is -3.83. The van der Waals surface area contributed by atoms with Gasteiger partial charge in [0, 0.05) is 5.92 Å². The zero-order valence-corrected chi connectivity index (χ0v) is 13.3. The molecule has 0 saturated heterocycles. The highest BCUT2D eigenvalue weighted by atomic mass is 32.2. The molecule has 5 nitrogen and oxygen atoms in total. The molecule has 2 aromatic rings. The minimum Gasteiger partial charge on any atom is -0.480 e. The molecule has 1 aliphatic carbocycles. The van der Waals surface area contributed by atoms with Gasteiger partial charge in [0.15, 0.2) is 9.84 Å². The highest BCUT2D eigenvalue weighted by Crippen LogP contribution is 2.55. The first-order valence-corrected chi connectivity index (χ1v) is 8.72. The van der Waals surface area contributed by atoms with Gasteiger partial charge >= 0.3 is 5.97 Å². The maximum atomic E-state index is 12.8. The predicted molar refractivity (Wildman–Crippen MR) is 85.9 cm³/mol. The van der Waals surface area contributed by atoms with Crippen LogP contribution in [0.4, 0.5) is 0 Å². The minimum atomic E-state index is -3.83. The number of aliphatic carboxylic acids is 1. The van der Waals surface area contributed by atoms with Crippen LogP contribution < -0.4 is 5.73 Å². The maximum absolute atomic E-state index is 12.8. The summed E-state index contributed by atoms with van der Waals surface area (Å²) in [6.07, 6.45) is 0. The van der Waals surface area contributed by atoms with E-state index in [1.807, 2.05) is 19.1 Å². The Morgan fingerprint density at radius 1 is 1.09 bits per heavy atom. The zero-order valence-electron chi connectivity index (χ0n) is 12.5. The van der Waals surface area contributed by atoms with Crippen molar-refractivity contribution in [3.63, 3.8) is 0 Å². The summed E-state index contributed by atoms with van der Waals surface area (Å²) in [5, 5.41) is 8.32. The SMILES string of the molecule is Cc1ccc([C@@H]2[C@@H](S(=O)(=O)c3ccccc3)[C@]2(N)C(=O)O)cc1. The summed E-state index contributed by atoms with van der Waals surface area (Å²) in [4.78, 5) is 11.7. The van der Waals surface area contributed by atoms with Crippen LogP contribution in [0.1, 0.15) is 17.0 Å². The van der Waals surface area contributed by atoms with E-state index in [0.717, 1.165) is 5.56 Å². The van der Waals surface area contributed by atoms with Crippen molar-refractivity contribution in [2.24, 2.45) is 5.73 Å². The van der Waals surface area contributed by atoms with Crippen LogP contribution in [0.2, 0.25) is 0 Å². The molecule has 1 saturated carbocycles. The van der Waals surface area contributed by atoms with Crippen LogP contribution in [-0.4, -0.2) is 30.3 Å². The fourth-order valence-corrected chi connectivity index (χ4v) is 5.30. The van der Waals surface area contributed by atoms with Crippen molar-refractivity contribution in [1.82, 2.24) is 0 Å². The molecule has 0 aliphatic heterocycles. The van der Waals surface area contributed by atoms with Gasteiger partial charge in [0.2, 0.25) is 0 Å². The molecule has 3 N–H and O–H groups in total. The van der Waals surface area contributed by atoms with E-state index in [1.165, 1.54) is 12.1 Å². The Morgan fingerprint density at radius 3 is 2.17 bits per heavy atom. The van der Waals surface area contributed by atoms with Crippen molar-refractivity contribution in [3.8, 4) is 0 Å². The number of sulfone groups is 1. The Bertz CT molecular complexity index is 846. The van der Waals surface area contributed by atoms with Crippen LogP contribution in [0.5, 0.6) is 0 Å². The highest BCUT2D eigenvalue weighted by Gasteiger charge is 2.74. The monoisotopic (exact) mass is 331 g/mol. The summed E-state index contributed by atoms with van der Waals surface area (Å²) in [5.74, 6) is -2.06. The van der Waals surface area contributed by atoms with Crippen molar-refractivity contribution in [2.75, 3.05) is 0 Å². The molecule has 120 valence electrons. The quantitative estimate of drug-likeness (QED) is 0.889. The third kappa shape index (κ3) is 2.34. The number of rotatable bonds is 4. The van der Waals surface area contributed by atoms with E-state index >= 15 is 0 Å². The summed E-state index contributed by atoms with van der Waals surface area (Å²) in [6.45, 7) is 1.90. The van der Waals surface area contributed by atoms with E-state index in [4.69, 9.17) is 5.73 Å². The van der Waals surface area contributed by atoms with Gasteiger partial charge < -0.3 is 10.8 Å². The smallest absolute Gasteiger partial charge is 0.325 e. The Hall–Kier alpha value is -2.18. The number of benzene rings is 2. The van der Waals surface area contributed by atoms with Gasteiger partial charge in [-0.3, -0.25) is 4.79 Å². The third-order valence-corrected chi connectivity index (χ3v) is 6.65. The van der Waals surface area contributed by atoms with E-state index in [2.05, 4.69) is 0 Å². The molecule has 0 unspecified atom stereocenters.